The van der Waals surface area contributed by atoms with Gasteiger partial charge in [-0.05, 0) is 68.0 Å². The normalized spacial score (nSPS) is 12.0. The summed E-state index contributed by atoms with van der Waals surface area (Å²) < 4.78 is 7.26. The zero-order valence-corrected chi connectivity index (χ0v) is 23.7. The van der Waals surface area contributed by atoms with Crippen LogP contribution in [0.25, 0.3) is 16.6 Å². The van der Waals surface area contributed by atoms with Gasteiger partial charge in [-0.15, -0.1) is 0 Å². The molecule has 0 saturated carbocycles. The first-order chi connectivity index (χ1) is 18.8. The van der Waals surface area contributed by atoms with Gasteiger partial charge in [0.15, 0.2) is 0 Å². The second-order valence-corrected chi connectivity index (χ2v) is 10.3. The summed E-state index contributed by atoms with van der Waals surface area (Å²) in [6.45, 7) is 10.8. The van der Waals surface area contributed by atoms with Crippen molar-refractivity contribution in [1.29, 1.82) is 0 Å². The highest BCUT2D eigenvalue weighted by atomic mass is 16.5. The zero-order chi connectivity index (χ0) is 28.1. The first-order valence-electron chi connectivity index (χ1n) is 13.6. The Morgan fingerprint density at radius 1 is 1.00 bits per heavy atom. The van der Waals surface area contributed by atoms with Crippen LogP contribution in [0.4, 0.5) is 10.5 Å². The van der Waals surface area contributed by atoms with Gasteiger partial charge in [-0.3, -0.25) is 9.36 Å². The molecule has 7 heteroatoms. The fourth-order valence-corrected chi connectivity index (χ4v) is 4.95. The van der Waals surface area contributed by atoms with Crippen LogP contribution in [0.1, 0.15) is 56.6 Å². The van der Waals surface area contributed by atoms with E-state index in [2.05, 4.69) is 19.2 Å². The Balaban J connectivity index is 1.92. The molecule has 0 radical (unpaired) electrons. The van der Waals surface area contributed by atoms with Gasteiger partial charge < -0.3 is 15.0 Å². The molecule has 7 nitrogen and oxygen atoms in total. The highest BCUT2D eigenvalue weighted by Gasteiger charge is 2.30. The van der Waals surface area contributed by atoms with Crippen molar-refractivity contribution in [2.75, 3.05) is 19.0 Å². The molecule has 204 valence electrons. The highest BCUT2D eigenvalue weighted by molar-refractivity contribution is 5.91. The predicted octanol–water partition coefficient (Wildman–Crippen LogP) is 7.04. The molecule has 0 spiro atoms. The molecule has 1 aromatic heterocycles. The summed E-state index contributed by atoms with van der Waals surface area (Å²) in [5.41, 5.74) is 3.79. The monoisotopic (exact) mass is 526 g/mol. The molecule has 0 bridgehead atoms. The number of hydrogen-bond donors (Lipinski definition) is 1. The van der Waals surface area contributed by atoms with Crippen LogP contribution in [0.5, 0.6) is 5.75 Å². The van der Waals surface area contributed by atoms with Crippen molar-refractivity contribution in [1.82, 2.24) is 14.5 Å². The van der Waals surface area contributed by atoms with Crippen molar-refractivity contribution in [2.45, 2.75) is 53.5 Å². The molecule has 0 aliphatic heterocycles. The molecule has 4 aromatic rings. The fourth-order valence-electron chi connectivity index (χ4n) is 4.95. The van der Waals surface area contributed by atoms with E-state index >= 15 is 0 Å². The molecule has 1 N–H and O–H groups in total. The lowest BCUT2D eigenvalue weighted by atomic mass is 10.1. The number of amides is 2. The number of nitrogens with zero attached hydrogens (tertiary/aromatic N) is 3. The third-order valence-corrected chi connectivity index (χ3v) is 7.11. The fraction of sp³-hybridized carbons (Fsp3) is 0.344. The molecule has 1 unspecified atom stereocenters. The Morgan fingerprint density at radius 2 is 1.67 bits per heavy atom. The molecule has 4 rings (SSSR count). The second kappa shape index (κ2) is 12.2. The minimum atomic E-state index is -0.463. The quantitative estimate of drug-likeness (QED) is 0.254. The standard InChI is InChI=1S/C32H38N4O3/c1-7-26(35(20-19-21(2)3)32(38)34-29-22(4)13-12-14-23(29)5)30-33-25-16-9-8-15-24(25)31(37)36(30)27-17-10-11-18-28(27)39-6/h8-18,21,26H,7,19-20H2,1-6H3,(H,34,38). The summed E-state index contributed by atoms with van der Waals surface area (Å²) in [7, 11) is 1.59. The Labute approximate surface area is 230 Å². The van der Waals surface area contributed by atoms with Crippen molar-refractivity contribution in [3.8, 4) is 11.4 Å². The lowest BCUT2D eigenvalue weighted by molar-refractivity contribution is 0.176. The topological polar surface area (TPSA) is 76.5 Å². The van der Waals surface area contributed by atoms with Crippen LogP contribution in [0, 0.1) is 19.8 Å². The van der Waals surface area contributed by atoms with Gasteiger partial charge in [0.1, 0.15) is 11.6 Å². The van der Waals surface area contributed by atoms with Gasteiger partial charge in [-0.2, -0.15) is 0 Å². The van der Waals surface area contributed by atoms with Crippen LogP contribution < -0.4 is 15.6 Å². The minimum Gasteiger partial charge on any atom is -0.495 e. The molecular weight excluding hydrogens is 488 g/mol. The van der Waals surface area contributed by atoms with Crippen molar-refractivity contribution in [3.05, 3.63) is 94.0 Å². The molecule has 1 atom stereocenters. The number of aromatic nitrogens is 2. The Kier molecular flexibility index (Phi) is 8.69. The number of aryl methyl sites for hydroxylation is 2. The van der Waals surface area contributed by atoms with Gasteiger partial charge in [0, 0.05) is 12.2 Å². The lowest BCUT2D eigenvalue weighted by Gasteiger charge is -2.33. The van der Waals surface area contributed by atoms with Gasteiger partial charge in [-0.1, -0.05) is 63.2 Å². The van der Waals surface area contributed by atoms with E-state index in [-0.39, 0.29) is 11.6 Å². The van der Waals surface area contributed by atoms with E-state index in [0.717, 1.165) is 23.2 Å². The molecule has 0 fully saturated rings. The largest absolute Gasteiger partial charge is 0.495 e. The summed E-state index contributed by atoms with van der Waals surface area (Å²) in [6, 6.07) is 20.0. The number of para-hydroxylation sites is 4. The maximum absolute atomic E-state index is 14.0. The van der Waals surface area contributed by atoms with E-state index in [1.165, 1.54) is 0 Å². The summed E-state index contributed by atoms with van der Waals surface area (Å²) in [5, 5.41) is 3.68. The van der Waals surface area contributed by atoms with Crippen molar-refractivity contribution in [2.24, 2.45) is 5.92 Å². The summed E-state index contributed by atoms with van der Waals surface area (Å²) in [6.07, 6.45) is 1.38. The number of benzene rings is 3. The third-order valence-electron chi connectivity index (χ3n) is 7.11. The van der Waals surface area contributed by atoms with Gasteiger partial charge in [0.05, 0.1) is 29.7 Å². The van der Waals surface area contributed by atoms with E-state index < -0.39 is 6.04 Å². The van der Waals surface area contributed by atoms with Crippen LogP contribution in [-0.2, 0) is 0 Å². The first kappa shape index (κ1) is 27.9. The smallest absolute Gasteiger partial charge is 0.322 e. The van der Waals surface area contributed by atoms with Gasteiger partial charge in [0.2, 0.25) is 0 Å². The van der Waals surface area contributed by atoms with Crippen molar-refractivity contribution in [3.63, 3.8) is 0 Å². The highest BCUT2D eigenvalue weighted by Crippen LogP contribution is 2.31. The van der Waals surface area contributed by atoms with E-state index in [0.29, 0.717) is 47.0 Å². The van der Waals surface area contributed by atoms with E-state index in [1.54, 1.807) is 17.7 Å². The summed E-state index contributed by atoms with van der Waals surface area (Å²) >= 11 is 0. The number of fused-ring (bicyclic) bond motifs is 1. The number of methoxy groups -OCH3 is 1. The zero-order valence-electron chi connectivity index (χ0n) is 23.7. The van der Waals surface area contributed by atoms with Crippen LogP contribution in [0.2, 0.25) is 0 Å². The molecular formula is C32H38N4O3. The van der Waals surface area contributed by atoms with Gasteiger partial charge in [-0.25, -0.2) is 9.78 Å². The lowest BCUT2D eigenvalue weighted by Crippen LogP contribution is -2.42. The minimum absolute atomic E-state index is 0.197. The van der Waals surface area contributed by atoms with Crippen LogP contribution in [0.15, 0.2) is 71.5 Å². The maximum atomic E-state index is 14.0. The van der Waals surface area contributed by atoms with Gasteiger partial charge in [0.25, 0.3) is 5.56 Å². The SMILES string of the molecule is CCC(c1nc2ccccc2c(=O)n1-c1ccccc1OC)N(CCC(C)C)C(=O)Nc1c(C)cccc1C. The number of urea groups is 1. The van der Waals surface area contributed by atoms with Gasteiger partial charge >= 0.3 is 6.03 Å². The number of anilines is 1. The van der Waals surface area contributed by atoms with Crippen LogP contribution in [-0.4, -0.2) is 34.1 Å². The van der Waals surface area contributed by atoms with E-state index in [1.807, 2.05) is 86.3 Å². The number of rotatable bonds is 9. The van der Waals surface area contributed by atoms with E-state index in [9.17, 15) is 9.59 Å². The molecule has 0 aliphatic rings. The molecule has 39 heavy (non-hydrogen) atoms. The summed E-state index contributed by atoms with van der Waals surface area (Å²) in [5.74, 6) is 1.45. The molecule has 2 amide bonds. The second-order valence-electron chi connectivity index (χ2n) is 10.3. The van der Waals surface area contributed by atoms with Crippen LogP contribution in [0.3, 0.4) is 0 Å². The molecule has 1 heterocycles. The Morgan fingerprint density at radius 3 is 2.33 bits per heavy atom. The third kappa shape index (κ3) is 5.82. The first-order valence-corrected chi connectivity index (χ1v) is 13.6. The predicted molar refractivity (Wildman–Crippen MR) is 158 cm³/mol. The van der Waals surface area contributed by atoms with Crippen molar-refractivity contribution < 1.29 is 9.53 Å². The van der Waals surface area contributed by atoms with Crippen LogP contribution >= 0.6 is 0 Å². The number of carbonyl (C=O) groups is 1. The average molecular weight is 527 g/mol. The number of carbonyl (C=O) groups excluding carboxylic acids is 1. The van der Waals surface area contributed by atoms with E-state index in [4.69, 9.17) is 9.72 Å². The average Bonchev–Trinajstić information content (AvgIpc) is 2.93. The Bertz CT molecular complexity index is 1510. The number of ether oxygens (including phenoxy) is 1. The molecule has 3 aromatic carbocycles. The molecule has 0 saturated heterocycles. The molecule has 0 aliphatic carbocycles. The van der Waals surface area contributed by atoms with Crippen molar-refractivity contribution >= 4 is 22.6 Å². The number of hydrogen-bond acceptors (Lipinski definition) is 4. The summed E-state index contributed by atoms with van der Waals surface area (Å²) in [4.78, 5) is 34.9. The Hall–Kier alpha value is -4.13. The maximum Gasteiger partial charge on any atom is 0.322 e. The number of nitrogens with one attached hydrogen (secondary N) is 1.